The maximum absolute atomic E-state index is 5.52. The molecule has 0 aromatic carbocycles. The minimum atomic E-state index is 0.192. The largest absolute Gasteiger partial charge is 0.271 e. The van der Waals surface area contributed by atoms with Crippen molar-refractivity contribution in [2.24, 2.45) is 18.8 Å². The van der Waals surface area contributed by atoms with E-state index in [4.69, 9.17) is 5.84 Å². The third-order valence-electron chi connectivity index (χ3n) is 2.57. The smallest absolute Gasteiger partial charge is 0.0654 e. The fraction of sp³-hybridized carbons (Fsp3) is 0.667. The van der Waals surface area contributed by atoms with Gasteiger partial charge in [-0.2, -0.15) is 5.10 Å². The summed E-state index contributed by atoms with van der Waals surface area (Å²) in [6.45, 7) is 4.34. The van der Waals surface area contributed by atoms with E-state index in [9.17, 15) is 0 Å². The highest BCUT2D eigenvalue weighted by molar-refractivity contribution is 5.07. The third-order valence-corrected chi connectivity index (χ3v) is 2.57. The molecule has 0 aliphatic heterocycles. The molecule has 0 aliphatic carbocycles. The van der Waals surface area contributed by atoms with Crippen LogP contribution in [-0.4, -0.2) is 9.78 Å². The van der Waals surface area contributed by atoms with Gasteiger partial charge in [0.15, 0.2) is 0 Å². The van der Waals surface area contributed by atoms with Crippen LogP contribution in [0.15, 0.2) is 12.3 Å². The van der Waals surface area contributed by atoms with E-state index in [1.807, 2.05) is 17.8 Å². The average Bonchev–Trinajstić information content (AvgIpc) is 2.53. The molecule has 4 heteroatoms. The third kappa shape index (κ3) is 2.08. The molecule has 3 N–H and O–H groups in total. The molecule has 74 valence electrons. The van der Waals surface area contributed by atoms with Gasteiger partial charge in [0.1, 0.15) is 0 Å². The SMILES string of the molecule is CCC(C)C(NN)c1ccnn1C. The second-order valence-electron chi connectivity index (χ2n) is 3.41. The van der Waals surface area contributed by atoms with E-state index in [1.54, 1.807) is 6.20 Å². The molecule has 0 bridgehead atoms. The van der Waals surface area contributed by atoms with Gasteiger partial charge in [0.25, 0.3) is 0 Å². The molecule has 0 fully saturated rings. The van der Waals surface area contributed by atoms with Crippen molar-refractivity contribution in [1.82, 2.24) is 15.2 Å². The number of hydrogen-bond donors (Lipinski definition) is 2. The molecule has 1 heterocycles. The number of rotatable bonds is 4. The number of nitrogens with zero attached hydrogens (tertiary/aromatic N) is 2. The first-order valence-corrected chi connectivity index (χ1v) is 4.64. The van der Waals surface area contributed by atoms with E-state index in [1.165, 1.54) is 0 Å². The summed E-state index contributed by atoms with van der Waals surface area (Å²) in [6, 6.07) is 2.19. The quantitative estimate of drug-likeness (QED) is 0.539. The number of nitrogens with two attached hydrogens (primary N) is 1. The minimum Gasteiger partial charge on any atom is -0.271 e. The highest BCUT2D eigenvalue weighted by atomic mass is 15.3. The lowest BCUT2D eigenvalue weighted by molar-refractivity contribution is 0.364. The van der Waals surface area contributed by atoms with Crippen molar-refractivity contribution in [2.75, 3.05) is 0 Å². The van der Waals surface area contributed by atoms with Crippen LogP contribution in [0, 0.1) is 5.92 Å². The molecule has 1 aromatic heterocycles. The highest BCUT2D eigenvalue weighted by Gasteiger charge is 2.18. The van der Waals surface area contributed by atoms with Crippen LogP contribution in [0.3, 0.4) is 0 Å². The van der Waals surface area contributed by atoms with Crippen LogP contribution in [0.4, 0.5) is 0 Å². The molecule has 2 unspecified atom stereocenters. The molecule has 0 amide bonds. The minimum absolute atomic E-state index is 0.192. The van der Waals surface area contributed by atoms with Gasteiger partial charge in [-0.05, 0) is 12.0 Å². The summed E-state index contributed by atoms with van der Waals surface area (Å²) in [7, 11) is 1.93. The summed E-state index contributed by atoms with van der Waals surface area (Å²) in [6.07, 6.45) is 2.89. The molecule has 4 nitrogen and oxygen atoms in total. The molecule has 13 heavy (non-hydrogen) atoms. The van der Waals surface area contributed by atoms with E-state index >= 15 is 0 Å². The van der Waals surface area contributed by atoms with Crippen LogP contribution in [0.25, 0.3) is 0 Å². The zero-order chi connectivity index (χ0) is 9.84. The number of hydrogen-bond acceptors (Lipinski definition) is 3. The number of aromatic nitrogens is 2. The summed E-state index contributed by atoms with van der Waals surface area (Å²) in [5.41, 5.74) is 3.97. The monoisotopic (exact) mass is 182 g/mol. The fourth-order valence-electron chi connectivity index (χ4n) is 1.47. The average molecular weight is 182 g/mol. The van der Waals surface area contributed by atoms with Crippen molar-refractivity contribution in [2.45, 2.75) is 26.3 Å². The lowest BCUT2D eigenvalue weighted by Gasteiger charge is -2.21. The lowest BCUT2D eigenvalue weighted by Crippen LogP contribution is -2.33. The maximum atomic E-state index is 5.52. The topological polar surface area (TPSA) is 55.9 Å². The van der Waals surface area contributed by atoms with Crippen molar-refractivity contribution >= 4 is 0 Å². The Bertz CT molecular complexity index is 256. The lowest BCUT2D eigenvalue weighted by atomic mass is 9.97. The van der Waals surface area contributed by atoms with Gasteiger partial charge in [-0.15, -0.1) is 0 Å². The molecule has 0 saturated carbocycles. The molecule has 0 spiro atoms. The van der Waals surface area contributed by atoms with E-state index in [2.05, 4.69) is 24.4 Å². The van der Waals surface area contributed by atoms with E-state index in [-0.39, 0.29) is 6.04 Å². The van der Waals surface area contributed by atoms with Crippen molar-refractivity contribution < 1.29 is 0 Å². The molecular formula is C9H18N4. The fourth-order valence-corrected chi connectivity index (χ4v) is 1.47. The van der Waals surface area contributed by atoms with Crippen molar-refractivity contribution in [3.63, 3.8) is 0 Å². The molecule has 0 saturated heterocycles. The number of hydrazine groups is 1. The van der Waals surface area contributed by atoms with Gasteiger partial charge in [-0.1, -0.05) is 20.3 Å². The molecule has 1 rings (SSSR count). The summed E-state index contributed by atoms with van der Waals surface area (Å²) < 4.78 is 1.86. The summed E-state index contributed by atoms with van der Waals surface area (Å²) in [5.74, 6) is 6.03. The second-order valence-corrected chi connectivity index (χ2v) is 3.41. The number of aryl methyl sites for hydroxylation is 1. The van der Waals surface area contributed by atoms with Crippen LogP contribution < -0.4 is 11.3 Å². The first kappa shape index (κ1) is 10.2. The zero-order valence-corrected chi connectivity index (χ0v) is 8.49. The molecule has 1 aromatic rings. The van der Waals surface area contributed by atoms with Gasteiger partial charge in [0, 0.05) is 13.2 Å². The Morgan fingerprint density at radius 1 is 1.69 bits per heavy atom. The predicted molar refractivity (Wildman–Crippen MR) is 52.7 cm³/mol. The zero-order valence-electron chi connectivity index (χ0n) is 8.49. The molecule has 0 aliphatic rings. The second kappa shape index (κ2) is 4.39. The van der Waals surface area contributed by atoms with Crippen LogP contribution in [-0.2, 0) is 7.05 Å². The van der Waals surface area contributed by atoms with Crippen LogP contribution in [0.2, 0.25) is 0 Å². The maximum Gasteiger partial charge on any atom is 0.0654 e. The standard InChI is InChI=1S/C9H18N4/c1-4-7(2)9(12-10)8-5-6-11-13(8)3/h5-7,9,12H,4,10H2,1-3H3. The first-order valence-electron chi connectivity index (χ1n) is 4.64. The summed E-state index contributed by atoms with van der Waals surface area (Å²) in [4.78, 5) is 0. The van der Waals surface area contributed by atoms with E-state index in [0.717, 1.165) is 12.1 Å². The molecular weight excluding hydrogens is 164 g/mol. The van der Waals surface area contributed by atoms with Crippen LogP contribution >= 0.6 is 0 Å². The van der Waals surface area contributed by atoms with Gasteiger partial charge in [0.2, 0.25) is 0 Å². The van der Waals surface area contributed by atoms with Gasteiger partial charge in [0.05, 0.1) is 11.7 Å². The Morgan fingerprint density at radius 2 is 2.38 bits per heavy atom. The Morgan fingerprint density at radius 3 is 2.77 bits per heavy atom. The van der Waals surface area contributed by atoms with Crippen molar-refractivity contribution in [3.05, 3.63) is 18.0 Å². The normalized spacial score (nSPS) is 15.7. The van der Waals surface area contributed by atoms with Gasteiger partial charge >= 0.3 is 0 Å². The Hall–Kier alpha value is -0.870. The van der Waals surface area contributed by atoms with E-state index in [0.29, 0.717) is 5.92 Å². The summed E-state index contributed by atoms with van der Waals surface area (Å²) >= 11 is 0. The van der Waals surface area contributed by atoms with Gasteiger partial charge in [-0.3, -0.25) is 16.0 Å². The molecule has 2 atom stereocenters. The van der Waals surface area contributed by atoms with Crippen molar-refractivity contribution in [3.8, 4) is 0 Å². The Kier molecular flexibility index (Phi) is 3.45. The highest BCUT2D eigenvalue weighted by Crippen LogP contribution is 2.22. The van der Waals surface area contributed by atoms with E-state index < -0.39 is 0 Å². The molecule has 0 radical (unpaired) electrons. The van der Waals surface area contributed by atoms with Gasteiger partial charge in [-0.25, -0.2) is 0 Å². The van der Waals surface area contributed by atoms with Crippen molar-refractivity contribution in [1.29, 1.82) is 0 Å². The predicted octanol–water partition coefficient (Wildman–Crippen LogP) is 0.971. The first-order chi connectivity index (χ1) is 6.20. The number of nitrogens with one attached hydrogen (secondary N) is 1. The Balaban J connectivity index is 2.84. The van der Waals surface area contributed by atoms with Gasteiger partial charge < -0.3 is 0 Å². The van der Waals surface area contributed by atoms with Crippen LogP contribution in [0.1, 0.15) is 32.0 Å². The Labute approximate surface area is 79.1 Å². The van der Waals surface area contributed by atoms with Crippen LogP contribution in [0.5, 0.6) is 0 Å². The summed E-state index contributed by atoms with van der Waals surface area (Å²) in [5, 5.41) is 4.12.